The van der Waals surface area contributed by atoms with E-state index in [1.165, 1.54) is 0 Å². The summed E-state index contributed by atoms with van der Waals surface area (Å²) in [6.07, 6.45) is 6.29. The molecule has 1 fully saturated rings. The fourth-order valence-electron chi connectivity index (χ4n) is 4.57. The molecule has 3 aromatic rings. The summed E-state index contributed by atoms with van der Waals surface area (Å²) in [5.41, 5.74) is 2.80. The second kappa shape index (κ2) is 6.12. The summed E-state index contributed by atoms with van der Waals surface area (Å²) < 4.78 is 7.05. The average Bonchev–Trinajstić information content (AvgIpc) is 3.44. The lowest BCUT2D eigenvalue weighted by Crippen LogP contribution is -2.49. The molecule has 142 valence electrons. The van der Waals surface area contributed by atoms with Gasteiger partial charge in [0.2, 0.25) is 5.91 Å². The van der Waals surface area contributed by atoms with Crippen LogP contribution in [0.15, 0.2) is 65.6 Å². The van der Waals surface area contributed by atoms with Gasteiger partial charge in [-0.15, -0.1) is 0 Å². The number of amides is 2. The van der Waals surface area contributed by atoms with Gasteiger partial charge in [-0.2, -0.15) is 0 Å². The van der Waals surface area contributed by atoms with E-state index in [-0.39, 0.29) is 11.8 Å². The monoisotopic (exact) mass is 375 g/mol. The molecule has 5 rings (SSSR count). The molecule has 1 aromatic carbocycles. The molecule has 4 heterocycles. The fourth-order valence-corrected chi connectivity index (χ4v) is 4.57. The lowest BCUT2D eigenvalue weighted by molar-refractivity contribution is -0.124. The molecule has 0 saturated carbocycles. The van der Waals surface area contributed by atoms with Crippen molar-refractivity contribution in [3.05, 3.63) is 72.4 Å². The summed E-state index contributed by atoms with van der Waals surface area (Å²) in [5, 5.41) is 0. The van der Waals surface area contributed by atoms with Crippen LogP contribution in [-0.4, -0.2) is 34.4 Å². The SMILES string of the molecule is Cn1cccc1C(=O)N1CCC2(CC1)C(=O)N(c1ccoc1)c1ccccc12. The van der Waals surface area contributed by atoms with Gasteiger partial charge in [0.05, 0.1) is 23.1 Å². The van der Waals surface area contributed by atoms with Crippen molar-refractivity contribution >= 4 is 23.2 Å². The van der Waals surface area contributed by atoms with Gasteiger partial charge in [-0.05, 0) is 36.6 Å². The number of carbonyl (C=O) groups is 2. The van der Waals surface area contributed by atoms with E-state index in [0.717, 1.165) is 16.9 Å². The molecule has 0 radical (unpaired) electrons. The number of fused-ring (bicyclic) bond motifs is 2. The molecule has 0 N–H and O–H groups in total. The Bertz CT molecular complexity index is 1040. The molecule has 6 nitrogen and oxygen atoms in total. The molecule has 0 bridgehead atoms. The first-order chi connectivity index (χ1) is 13.6. The minimum absolute atomic E-state index is 0.0211. The van der Waals surface area contributed by atoms with Crippen LogP contribution in [0.2, 0.25) is 0 Å². The van der Waals surface area contributed by atoms with Crippen molar-refractivity contribution < 1.29 is 14.0 Å². The van der Waals surface area contributed by atoms with Crippen LogP contribution in [0.3, 0.4) is 0 Å². The molecular formula is C22H21N3O3. The number of nitrogens with zero attached hydrogens (tertiary/aromatic N) is 3. The number of hydrogen-bond donors (Lipinski definition) is 0. The van der Waals surface area contributed by atoms with E-state index in [4.69, 9.17) is 4.42 Å². The van der Waals surface area contributed by atoms with Crippen molar-refractivity contribution in [1.82, 2.24) is 9.47 Å². The van der Waals surface area contributed by atoms with Gasteiger partial charge in [-0.1, -0.05) is 18.2 Å². The molecule has 6 heteroatoms. The number of carbonyl (C=O) groups excluding carboxylic acids is 2. The van der Waals surface area contributed by atoms with Crippen LogP contribution in [0.25, 0.3) is 0 Å². The number of furan rings is 1. The highest BCUT2D eigenvalue weighted by Gasteiger charge is 2.53. The first-order valence-corrected chi connectivity index (χ1v) is 9.49. The highest BCUT2D eigenvalue weighted by molar-refractivity contribution is 6.13. The fraction of sp³-hybridized carbons (Fsp3) is 0.273. The second-order valence-corrected chi connectivity index (χ2v) is 7.52. The van der Waals surface area contributed by atoms with Crippen LogP contribution in [0.5, 0.6) is 0 Å². The van der Waals surface area contributed by atoms with E-state index < -0.39 is 5.41 Å². The first-order valence-electron chi connectivity index (χ1n) is 9.49. The average molecular weight is 375 g/mol. The molecule has 0 atom stereocenters. The Balaban J connectivity index is 1.46. The Kier molecular flexibility index (Phi) is 3.69. The van der Waals surface area contributed by atoms with Crippen molar-refractivity contribution in [3.8, 4) is 0 Å². The molecule has 2 amide bonds. The summed E-state index contributed by atoms with van der Waals surface area (Å²) in [6, 6.07) is 13.5. The zero-order chi connectivity index (χ0) is 19.3. The maximum atomic E-state index is 13.6. The van der Waals surface area contributed by atoms with Crippen molar-refractivity contribution in [2.45, 2.75) is 18.3 Å². The maximum absolute atomic E-state index is 13.6. The van der Waals surface area contributed by atoms with Crippen LogP contribution >= 0.6 is 0 Å². The number of likely N-dealkylation sites (tertiary alicyclic amines) is 1. The van der Waals surface area contributed by atoms with Gasteiger partial charge < -0.3 is 13.9 Å². The Hall–Kier alpha value is -3.28. The molecule has 28 heavy (non-hydrogen) atoms. The van der Waals surface area contributed by atoms with Gasteiger partial charge in [0, 0.05) is 32.4 Å². The summed E-state index contributed by atoms with van der Waals surface area (Å²) >= 11 is 0. The topological polar surface area (TPSA) is 58.7 Å². The minimum atomic E-state index is -0.584. The quantitative estimate of drug-likeness (QED) is 0.689. The van der Waals surface area contributed by atoms with Crippen LogP contribution in [-0.2, 0) is 17.3 Å². The van der Waals surface area contributed by atoms with E-state index in [1.807, 2.05) is 65.2 Å². The minimum Gasteiger partial charge on any atom is -0.470 e. The normalized spacial score (nSPS) is 18.0. The van der Waals surface area contributed by atoms with Crippen LogP contribution < -0.4 is 4.90 Å². The first kappa shape index (κ1) is 16.9. The number of anilines is 2. The van der Waals surface area contributed by atoms with E-state index in [1.54, 1.807) is 17.4 Å². The number of piperidine rings is 1. The Morgan fingerprint density at radius 1 is 1.07 bits per heavy atom. The third-order valence-electron chi connectivity index (χ3n) is 6.10. The third kappa shape index (κ3) is 2.27. The van der Waals surface area contributed by atoms with Crippen LogP contribution in [0, 0.1) is 0 Å². The lowest BCUT2D eigenvalue weighted by atomic mass is 9.73. The number of para-hydroxylation sites is 1. The molecular weight excluding hydrogens is 354 g/mol. The number of benzene rings is 1. The largest absolute Gasteiger partial charge is 0.470 e. The van der Waals surface area contributed by atoms with Crippen LogP contribution in [0.1, 0.15) is 28.9 Å². The number of aryl methyl sites for hydroxylation is 1. The number of rotatable bonds is 2. The van der Waals surface area contributed by atoms with Gasteiger partial charge in [-0.3, -0.25) is 14.5 Å². The predicted octanol–water partition coefficient (Wildman–Crippen LogP) is 3.47. The van der Waals surface area contributed by atoms with Crippen molar-refractivity contribution in [3.63, 3.8) is 0 Å². The Labute approximate surface area is 163 Å². The van der Waals surface area contributed by atoms with Crippen molar-refractivity contribution in [2.24, 2.45) is 7.05 Å². The Morgan fingerprint density at radius 2 is 1.86 bits per heavy atom. The standard InChI is InChI=1S/C22H21N3O3/c1-23-11-4-7-19(23)20(26)24-12-9-22(10-13-24)17-5-2-3-6-18(17)25(21(22)27)16-8-14-28-15-16/h2-8,11,14-15H,9-10,12-13H2,1H3. The number of hydrogen-bond acceptors (Lipinski definition) is 3. The molecule has 2 aliphatic rings. The molecule has 1 saturated heterocycles. The van der Waals surface area contributed by atoms with E-state index in [2.05, 4.69) is 0 Å². The highest BCUT2D eigenvalue weighted by atomic mass is 16.3. The maximum Gasteiger partial charge on any atom is 0.270 e. The van der Waals surface area contributed by atoms with Gasteiger partial charge in [0.15, 0.2) is 0 Å². The molecule has 0 aliphatic carbocycles. The van der Waals surface area contributed by atoms with Gasteiger partial charge in [0.1, 0.15) is 12.0 Å². The summed E-state index contributed by atoms with van der Waals surface area (Å²) in [4.78, 5) is 30.0. The zero-order valence-corrected chi connectivity index (χ0v) is 15.7. The molecule has 0 unspecified atom stereocenters. The van der Waals surface area contributed by atoms with E-state index in [9.17, 15) is 9.59 Å². The Morgan fingerprint density at radius 3 is 2.54 bits per heavy atom. The highest BCUT2D eigenvalue weighted by Crippen LogP contribution is 2.50. The summed E-state index contributed by atoms with van der Waals surface area (Å²) in [5.74, 6) is 0.0915. The molecule has 2 aliphatic heterocycles. The predicted molar refractivity (Wildman–Crippen MR) is 105 cm³/mol. The van der Waals surface area contributed by atoms with Crippen molar-refractivity contribution in [2.75, 3.05) is 18.0 Å². The summed E-state index contributed by atoms with van der Waals surface area (Å²) in [6.45, 7) is 1.12. The molecule has 2 aromatic heterocycles. The van der Waals surface area contributed by atoms with Crippen molar-refractivity contribution in [1.29, 1.82) is 0 Å². The summed E-state index contributed by atoms with van der Waals surface area (Å²) in [7, 11) is 1.87. The lowest BCUT2D eigenvalue weighted by Gasteiger charge is -2.38. The smallest absolute Gasteiger partial charge is 0.270 e. The van der Waals surface area contributed by atoms with Gasteiger partial charge in [0.25, 0.3) is 5.91 Å². The number of aromatic nitrogens is 1. The second-order valence-electron chi connectivity index (χ2n) is 7.52. The van der Waals surface area contributed by atoms with Gasteiger partial charge >= 0.3 is 0 Å². The van der Waals surface area contributed by atoms with Gasteiger partial charge in [-0.25, -0.2) is 0 Å². The van der Waals surface area contributed by atoms with E-state index in [0.29, 0.717) is 31.6 Å². The van der Waals surface area contributed by atoms with Crippen LogP contribution in [0.4, 0.5) is 11.4 Å². The zero-order valence-electron chi connectivity index (χ0n) is 15.7. The van der Waals surface area contributed by atoms with E-state index >= 15 is 0 Å². The third-order valence-corrected chi connectivity index (χ3v) is 6.10. The molecule has 1 spiro atoms.